The molecular formula is C13H14Cl3NO4. The number of rotatable bonds is 4. The zero-order valence-corrected chi connectivity index (χ0v) is 13.8. The number of amides is 1. The van der Waals surface area contributed by atoms with Crippen molar-refractivity contribution in [2.45, 2.75) is 23.7 Å². The summed E-state index contributed by atoms with van der Waals surface area (Å²) >= 11 is 16.4. The van der Waals surface area contributed by atoms with E-state index >= 15 is 0 Å². The second kappa shape index (κ2) is 7.20. The fourth-order valence-electron chi connectivity index (χ4n) is 1.44. The zero-order valence-electron chi connectivity index (χ0n) is 11.6. The first-order valence-electron chi connectivity index (χ1n) is 5.92. The van der Waals surface area contributed by atoms with Gasteiger partial charge in [-0.1, -0.05) is 34.8 Å². The first kappa shape index (κ1) is 17.9. The molecule has 1 N–H and O–H groups in total. The standard InChI is InChI=1S/C13H14Cl3NO4/c1-7(2)21-10-5-4-8(6-9(10)11(18)20-3)17-12(19)13(14,15)16/h4-7H,1-3H3,(H,17,19). The number of anilines is 1. The number of nitrogens with one attached hydrogen (secondary N) is 1. The monoisotopic (exact) mass is 353 g/mol. The molecule has 0 heterocycles. The molecule has 5 nitrogen and oxygen atoms in total. The van der Waals surface area contributed by atoms with Crippen molar-refractivity contribution in [2.75, 3.05) is 12.4 Å². The Morgan fingerprint density at radius 1 is 1.24 bits per heavy atom. The maximum atomic E-state index is 11.8. The number of esters is 1. The molecule has 1 aromatic rings. The van der Waals surface area contributed by atoms with Crippen molar-refractivity contribution in [2.24, 2.45) is 0 Å². The van der Waals surface area contributed by atoms with Crippen molar-refractivity contribution in [1.82, 2.24) is 0 Å². The Hall–Kier alpha value is -1.17. The fourth-order valence-corrected chi connectivity index (χ4v) is 1.58. The molecule has 0 bridgehead atoms. The minimum atomic E-state index is -2.10. The van der Waals surface area contributed by atoms with Crippen LogP contribution in [0.15, 0.2) is 18.2 Å². The molecule has 0 radical (unpaired) electrons. The molecule has 1 amide bonds. The van der Waals surface area contributed by atoms with Crippen molar-refractivity contribution >= 4 is 52.4 Å². The molecule has 0 aliphatic rings. The van der Waals surface area contributed by atoms with Crippen LogP contribution in [0, 0.1) is 0 Å². The molecule has 0 saturated heterocycles. The van der Waals surface area contributed by atoms with E-state index in [0.717, 1.165) is 0 Å². The molecule has 0 unspecified atom stereocenters. The predicted molar refractivity (Wildman–Crippen MR) is 82.5 cm³/mol. The Morgan fingerprint density at radius 3 is 2.33 bits per heavy atom. The highest BCUT2D eigenvalue weighted by Gasteiger charge is 2.31. The van der Waals surface area contributed by atoms with Crippen molar-refractivity contribution in [3.05, 3.63) is 23.8 Å². The van der Waals surface area contributed by atoms with Crippen molar-refractivity contribution in [1.29, 1.82) is 0 Å². The number of alkyl halides is 3. The van der Waals surface area contributed by atoms with Crippen LogP contribution in [-0.4, -0.2) is 28.9 Å². The van der Waals surface area contributed by atoms with Crippen molar-refractivity contribution in [3.63, 3.8) is 0 Å². The maximum absolute atomic E-state index is 11.8. The van der Waals surface area contributed by atoms with E-state index in [9.17, 15) is 9.59 Å². The molecule has 1 rings (SSSR count). The first-order chi connectivity index (χ1) is 9.65. The van der Waals surface area contributed by atoms with Gasteiger partial charge in [0.1, 0.15) is 11.3 Å². The highest BCUT2D eigenvalue weighted by atomic mass is 35.6. The Labute approximate surface area is 137 Å². The van der Waals surface area contributed by atoms with Gasteiger partial charge < -0.3 is 14.8 Å². The van der Waals surface area contributed by atoms with Crippen LogP contribution in [0.5, 0.6) is 5.75 Å². The third-order valence-electron chi connectivity index (χ3n) is 2.26. The summed E-state index contributed by atoms with van der Waals surface area (Å²) in [6.45, 7) is 3.64. The van der Waals surface area contributed by atoms with Crippen LogP contribution < -0.4 is 10.1 Å². The van der Waals surface area contributed by atoms with Crippen LogP contribution in [0.3, 0.4) is 0 Å². The molecule has 116 valence electrons. The molecule has 0 aliphatic carbocycles. The summed E-state index contributed by atoms with van der Waals surface area (Å²) in [6, 6.07) is 4.44. The van der Waals surface area contributed by atoms with Crippen LogP contribution in [0.25, 0.3) is 0 Å². The summed E-state index contributed by atoms with van der Waals surface area (Å²) < 4.78 is 8.08. The zero-order chi connectivity index (χ0) is 16.2. The van der Waals surface area contributed by atoms with Crippen LogP contribution in [0.4, 0.5) is 5.69 Å². The van der Waals surface area contributed by atoms with Gasteiger partial charge in [0.25, 0.3) is 9.70 Å². The smallest absolute Gasteiger partial charge is 0.341 e. The lowest BCUT2D eigenvalue weighted by Crippen LogP contribution is -2.27. The van der Waals surface area contributed by atoms with Crippen LogP contribution in [-0.2, 0) is 9.53 Å². The Kier molecular flexibility index (Phi) is 6.13. The van der Waals surface area contributed by atoms with Gasteiger partial charge in [0.2, 0.25) is 0 Å². The van der Waals surface area contributed by atoms with Crippen molar-refractivity contribution in [3.8, 4) is 5.75 Å². The molecule has 0 spiro atoms. The highest BCUT2D eigenvalue weighted by molar-refractivity contribution is 6.76. The second-order valence-corrected chi connectivity index (χ2v) is 6.60. The Balaban J connectivity index is 3.10. The van der Waals surface area contributed by atoms with Crippen LogP contribution in [0.2, 0.25) is 0 Å². The minimum Gasteiger partial charge on any atom is -0.490 e. The normalized spacial score (nSPS) is 11.2. The lowest BCUT2D eigenvalue weighted by molar-refractivity contribution is -0.115. The predicted octanol–water partition coefficient (Wildman–Crippen LogP) is 3.57. The summed E-state index contributed by atoms with van der Waals surface area (Å²) in [5.74, 6) is -1.10. The average molecular weight is 355 g/mol. The summed E-state index contributed by atoms with van der Waals surface area (Å²) in [5, 5.41) is 2.38. The lowest BCUT2D eigenvalue weighted by atomic mass is 10.1. The van der Waals surface area contributed by atoms with Crippen LogP contribution >= 0.6 is 34.8 Å². The Bertz CT molecular complexity index is 541. The van der Waals surface area contributed by atoms with Gasteiger partial charge in [0.05, 0.1) is 13.2 Å². The SMILES string of the molecule is COC(=O)c1cc(NC(=O)C(Cl)(Cl)Cl)ccc1OC(C)C. The van der Waals surface area contributed by atoms with Gasteiger partial charge >= 0.3 is 5.97 Å². The molecule has 1 aromatic carbocycles. The Morgan fingerprint density at radius 2 is 1.86 bits per heavy atom. The number of hydrogen-bond donors (Lipinski definition) is 1. The summed E-state index contributed by atoms with van der Waals surface area (Å²) in [7, 11) is 1.24. The van der Waals surface area contributed by atoms with E-state index < -0.39 is 15.7 Å². The minimum absolute atomic E-state index is 0.130. The van der Waals surface area contributed by atoms with Gasteiger partial charge in [-0.25, -0.2) is 4.79 Å². The number of halogens is 3. The number of carbonyl (C=O) groups excluding carboxylic acids is 2. The number of methoxy groups -OCH3 is 1. The number of ether oxygens (including phenoxy) is 2. The van der Waals surface area contributed by atoms with E-state index in [1.54, 1.807) is 0 Å². The second-order valence-electron chi connectivity index (χ2n) is 4.32. The van der Waals surface area contributed by atoms with Gasteiger partial charge in [-0.05, 0) is 32.0 Å². The van der Waals surface area contributed by atoms with Gasteiger partial charge in [-0.3, -0.25) is 4.79 Å². The van der Waals surface area contributed by atoms with Gasteiger partial charge in [-0.2, -0.15) is 0 Å². The largest absolute Gasteiger partial charge is 0.490 e. The summed E-state index contributed by atoms with van der Waals surface area (Å²) in [6.07, 6.45) is -0.130. The van der Waals surface area contributed by atoms with E-state index in [-0.39, 0.29) is 17.4 Å². The molecule has 0 aliphatic heterocycles. The van der Waals surface area contributed by atoms with Gasteiger partial charge in [0, 0.05) is 5.69 Å². The molecule has 0 saturated carbocycles. The molecular weight excluding hydrogens is 341 g/mol. The maximum Gasteiger partial charge on any atom is 0.341 e. The molecule has 8 heteroatoms. The fraction of sp³-hybridized carbons (Fsp3) is 0.385. The summed E-state index contributed by atoms with van der Waals surface area (Å²) in [4.78, 5) is 23.4. The highest BCUT2D eigenvalue weighted by Crippen LogP contribution is 2.29. The number of hydrogen-bond acceptors (Lipinski definition) is 4. The first-order valence-corrected chi connectivity index (χ1v) is 7.05. The summed E-state index contributed by atoms with van der Waals surface area (Å²) in [5.41, 5.74) is 0.441. The van der Waals surface area contributed by atoms with Gasteiger partial charge in [0.15, 0.2) is 0 Å². The van der Waals surface area contributed by atoms with Crippen molar-refractivity contribution < 1.29 is 19.1 Å². The molecule has 0 aromatic heterocycles. The number of benzene rings is 1. The topological polar surface area (TPSA) is 64.6 Å². The molecule has 0 fully saturated rings. The third kappa shape index (κ3) is 5.26. The van der Waals surface area contributed by atoms with E-state index in [2.05, 4.69) is 10.1 Å². The molecule has 0 atom stereocenters. The van der Waals surface area contributed by atoms with E-state index in [4.69, 9.17) is 39.5 Å². The van der Waals surface area contributed by atoms with E-state index in [1.807, 2.05) is 13.8 Å². The quantitative estimate of drug-likeness (QED) is 0.663. The van der Waals surface area contributed by atoms with Gasteiger partial charge in [-0.15, -0.1) is 0 Å². The van der Waals surface area contributed by atoms with Crippen LogP contribution in [0.1, 0.15) is 24.2 Å². The van der Waals surface area contributed by atoms with E-state index in [0.29, 0.717) is 5.75 Å². The lowest BCUT2D eigenvalue weighted by Gasteiger charge is -2.16. The molecule has 21 heavy (non-hydrogen) atoms. The third-order valence-corrected chi connectivity index (χ3v) is 2.78. The number of carbonyl (C=O) groups is 2. The average Bonchev–Trinajstić information content (AvgIpc) is 2.37. The van der Waals surface area contributed by atoms with E-state index in [1.165, 1.54) is 25.3 Å².